The first-order valence-electron chi connectivity index (χ1n) is 12.3. The van der Waals surface area contributed by atoms with Crippen LogP contribution in [0.5, 0.6) is 0 Å². The summed E-state index contributed by atoms with van der Waals surface area (Å²) < 4.78 is 59.0. The maximum Gasteiger partial charge on any atom is 0.322 e. The van der Waals surface area contributed by atoms with Gasteiger partial charge in [-0.1, -0.05) is 29.4 Å². The molecule has 192 valence electrons. The SMILES string of the molecule is CC(F)(F)c1nc(C23CCC(CNc4ccc(F)c(-c5ccc(P(C)(C)=O)cc5)c4)(CC2)CC3)no1. The Hall–Kier alpha value is -2.60. The highest BCUT2D eigenvalue weighted by Crippen LogP contribution is 2.57. The van der Waals surface area contributed by atoms with Crippen molar-refractivity contribution < 1.29 is 22.3 Å². The Balaban J connectivity index is 1.26. The van der Waals surface area contributed by atoms with Gasteiger partial charge in [0.15, 0.2) is 5.82 Å². The molecule has 0 radical (unpaired) electrons. The van der Waals surface area contributed by atoms with Crippen molar-refractivity contribution in [1.29, 1.82) is 0 Å². The van der Waals surface area contributed by atoms with Crippen LogP contribution in [0, 0.1) is 11.2 Å². The summed E-state index contributed by atoms with van der Waals surface area (Å²) in [6.07, 6.45) is 5.33. The molecule has 1 heterocycles. The number of halogens is 3. The van der Waals surface area contributed by atoms with Gasteiger partial charge in [0.2, 0.25) is 0 Å². The Bertz CT molecular complexity index is 1290. The van der Waals surface area contributed by atoms with Crippen LogP contribution in [-0.4, -0.2) is 30.0 Å². The van der Waals surface area contributed by atoms with Gasteiger partial charge in [0.1, 0.15) is 13.0 Å². The van der Waals surface area contributed by atoms with Crippen LogP contribution >= 0.6 is 7.14 Å². The van der Waals surface area contributed by atoms with Crippen molar-refractivity contribution >= 4 is 18.1 Å². The smallest absolute Gasteiger partial charge is 0.322 e. The molecular formula is C27H31F3N3O2P. The fourth-order valence-electron chi connectivity index (χ4n) is 5.63. The lowest BCUT2D eigenvalue weighted by molar-refractivity contribution is -0.0158. The normalized spacial score (nSPS) is 24.2. The molecule has 1 N–H and O–H groups in total. The molecule has 3 saturated carbocycles. The number of hydrogen-bond acceptors (Lipinski definition) is 5. The summed E-state index contributed by atoms with van der Waals surface area (Å²) in [5.74, 6) is -3.64. The molecule has 0 saturated heterocycles. The molecule has 0 amide bonds. The molecule has 0 aliphatic heterocycles. The zero-order valence-electron chi connectivity index (χ0n) is 20.8. The van der Waals surface area contributed by atoms with E-state index in [2.05, 4.69) is 15.5 Å². The van der Waals surface area contributed by atoms with E-state index in [4.69, 9.17) is 4.52 Å². The van der Waals surface area contributed by atoms with E-state index in [-0.39, 0.29) is 16.6 Å². The lowest BCUT2D eigenvalue weighted by Crippen LogP contribution is -2.47. The highest BCUT2D eigenvalue weighted by Gasteiger charge is 2.52. The molecule has 5 nitrogen and oxygen atoms in total. The number of nitrogens with one attached hydrogen (secondary N) is 1. The number of fused-ring (bicyclic) bond motifs is 3. The van der Waals surface area contributed by atoms with Gasteiger partial charge in [-0.25, -0.2) is 4.39 Å². The molecule has 36 heavy (non-hydrogen) atoms. The summed E-state index contributed by atoms with van der Waals surface area (Å²) in [5.41, 5.74) is 1.90. The molecule has 3 aliphatic rings. The number of aromatic nitrogens is 2. The van der Waals surface area contributed by atoms with E-state index in [1.165, 1.54) is 6.07 Å². The topological polar surface area (TPSA) is 68.0 Å². The Morgan fingerprint density at radius 2 is 1.67 bits per heavy atom. The second-order valence-electron chi connectivity index (χ2n) is 11.0. The zero-order chi connectivity index (χ0) is 25.8. The fraction of sp³-hybridized carbons (Fsp3) is 0.481. The van der Waals surface area contributed by atoms with Gasteiger partial charge in [0.25, 0.3) is 5.89 Å². The minimum atomic E-state index is -3.14. The number of alkyl halides is 2. The average molecular weight is 518 g/mol. The molecule has 0 unspecified atom stereocenters. The van der Waals surface area contributed by atoms with Crippen LogP contribution in [0.15, 0.2) is 47.0 Å². The lowest BCUT2D eigenvalue weighted by Gasteiger charge is -2.52. The molecule has 2 bridgehead atoms. The second-order valence-corrected chi connectivity index (χ2v) is 14.3. The van der Waals surface area contributed by atoms with Crippen LogP contribution in [0.2, 0.25) is 0 Å². The largest absolute Gasteiger partial charge is 0.384 e. The van der Waals surface area contributed by atoms with Crippen LogP contribution in [0.25, 0.3) is 11.1 Å². The summed E-state index contributed by atoms with van der Waals surface area (Å²) in [6, 6.07) is 12.3. The van der Waals surface area contributed by atoms with Gasteiger partial charge >= 0.3 is 5.92 Å². The Morgan fingerprint density at radius 3 is 2.22 bits per heavy atom. The molecule has 3 fully saturated rings. The second kappa shape index (κ2) is 8.76. The number of nitrogens with zero attached hydrogens (tertiary/aromatic N) is 2. The minimum absolute atomic E-state index is 0.0998. The predicted octanol–water partition coefficient (Wildman–Crippen LogP) is 6.94. The van der Waals surface area contributed by atoms with Gasteiger partial charge in [-0.15, -0.1) is 0 Å². The molecule has 9 heteroatoms. The van der Waals surface area contributed by atoms with Crippen molar-refractivity contribution in [3.8, 4) is 11.1 Å². The highest BCUT2D eigenvalue weighted by atomic mass is 31.2. The molecule has 1 aromatic heterocycles. The van der Waals surface area contributed by atoms with E-state index in [0.717, 1.165) is 68.5 Å². The quantitative estimate of drug-likeness (QED) is 0.344. The zero-order valence-corrected chi connectivity index (χ0v) is 21.7. The summed E-state index contributed by atoms with van der Waals surface area (Å²) in [6.45, 7) is 4.96. The first kappa shape index (κ1) is 25.1. The first-order valence-corrected chi connectivity index (χ1v) is 14.9. The Kier molecular flexibility index (Phi) is 6.10. The van der Waals surface area contributed by atoms with E-state index in [1.807, 2.05) is 18.2 Å². The van der Waals surface area contributed by atoms with Crippen molar-refractivity contribution in [2.75, 3.05) is 25.2 Å². The molecular weight excluding hydrogens is 486 g/mol. The molecule has 6 rings (SSSR count). The van der Waals surface area contributed by atoms with Crippen molar-refractivity contribution in [3.63, 3.8) is 0 Å². The summed E-state index contributed by atoms with van der Waals surface area (Å²) in [4.78, 5) is 4.06. The van der Waals surface area contributed by atoms with E-state index >= 15 is 0 Å². The molecule has 3 aromatic rings. The van der Waals surface area contributed by atoms with Gasteiger partial charge in [0.05, 0.1) is 0 Å². The van der Waals surface area contributed by atoms with Gasteiger partial charge in [-0.3, -0.25) is 0 Å². The number of benzene rings is 2. The minimum Gasteiger partial charge on any atom is -0.384 e. The van der Waals surface area contributed by atoms with Crippen LogP contribution in [0.3, 0.4) is 0 Å². The van der Waals surface area contributed by atoms with E-state index in [1.54, 1.807) is 31.5 Å². The summed E-state index contributed by atoms with van der Waals surface area (Å²) in [5, 5.41) is 8.21. The molecule has 3 aliphatic carbocycles. The monoisotopic (exact) mass is 517 g/mol. The highest BCUT2D eigenvalue weighted by molar-refractivity contribution is 7.70. The number of anilines is 1. The van der Waals surface area contributed by atoms with Gasteiger partial charge < -0.3 is 14.4 Å². The lowest BCUT2D eigenvalue weighted by atomic mass is 9.53. The number of rotatable bonds is 7. The van der Waals surface area contributed by atoms with Crippen LogP contribution < -0.4 is 10.6 Å². The molecule has 2 aromatic carbocycles. The number of hydrogen-bond donors (Lipinski definition) is 1. The maximum absolute atomic E-state index is 14.7. The third-order valence-corrected chi connectivity index (χ3v) is 9.65. The fourth-order valence-corrected chi connectivity index (χ4v) is 6.49. The van der Waals surface area contributed by atoms with Crippen molar-refractivity contribution in [3.05, 3.63) is 60.0 Å². The summed E-state index contributed by atoms with van der Waals surface area (Å²) in [7, 11) is -2.37. The average Bonchev–Trinajstić information content (AvgIpc) is 3.37. The predicted molar refractivity (Wildman–Crippen MR) is 135 cm³/mol. The van der Waals surface area contributed by atoms with E-state index in [9.17, 15) is 17.7 Å². The first-order chi connectivity index (χ1) is 16.9. The van der Waals surface area contributed by atoms with Gasteiger partial charge in [0, 0.05) is 35.4 Å². The van der Waals surface area contributed by atoms with Crippen molar-refractivity contribution in [1.82, 2.24) is 10.1 Å². The van der Waals surface area contributed by atoms with Crippen LogP contribution in [-0.2, 0) is 15.9 Å². The van der Waals surface area contributed by atoms with Crippen LogP contribution in [0.4, 0.5) is 18.9 Å². The Morgan fingerprint density at radius 1 is 1.03 bits per heavy atom. The molecule has 0 atom stereocenters. The third kappa shape index (κ3) is 4.72. The van der Waals surface area contributed by atoms with E-state index in [0.29, 0.717) is 11.4 Å². The van der Waals surface area contributed by atoms with Gasteiger partial charge in [-0.2, -0.15) is 13.8 Å². The maximum atomic E-state index is 14.7. The summed E-state index contributed by atoms with van der Waals surface area (Å²) >= 11 is 0. The van der Waals surface area contributed by atoms with Crippen molar-refractivity contribution in [2.45, 2.75) is 56.8 Å². The molecule has 0 spiro atoms. The van der Waals surface area contributed by atoms with Gasteiger partial charge in [-0.05, 0) is 81.0 Å². The Labute approximate surface area is 209 Å². The standard InChI is InChI=1S/C27H31F3N3O2P/c1-25(29,30)24-32-23(33-35-24)27-13-10-26(11-14-27,12-15-27)17-31-19-6-9-22(28)21(16-19)18-4-7-20(8-5-18)36(2,3)34/h4-9,16,31H,10-15,17H2,1-3H3. The van der Waals surface area contributed by atoms with Crippen LogP contribution in [0.1, 0.15) is 57.2 Å². The van der Waals surface area contributed by atoms with Crippen molar-refractivity contribution in [2.24, 2.45) is 5.41 Å². The van der Waals surface area contributed by atoms with E-state index < -0.39 is 19.0 Å². The third-order valence-electron chi connectivity index (χ3n) is 8.11.